The molecule has 4 nitrogen and oxygen atoms in total. The second kappa shape index (κ2) is 5.99. The van der Waals surface area contributed by atoms with Crippen LogP contribution in [0.25, 0.3) is 33.8 Å². The highest BCUT2D eigenvalue weighted by atomic mass is 35.5. The molecule has 4 rings (SSSR count). The molecule has 0 bridgehead atoms. The highest BCUT2D eigenvalue weighted by molar-refractivity contribution is 6.39. The van der Waals surface area contributed by atoms with Crippen molar-refractivity contribution >= 4 is 40.1 Å². The molecule has 4 aromatic rings. The van der Waals surface area contributed by atoms with Crippen molar-refractivity contribution < 1.29 is 18.7 Å². The van der Waals surface area contributed by atoms with E-state index in [9.17, 15) is 4.79 Å². The Hall–Kier alpha value is -2.69. The van der Waals surface area contributed by atoms with Crippen LogP contribution < -0.4 is 0 Å². The summed E-state index contributed by atoms with van der Waals surface area (Å²) in [5.41, 5.74) is 1.49. The summed E-state index contributed by atoms with van der Waals surface area (Å²) in [6.07, 6.45) is 0. The lowest BCUT2D eigenvalue weighted by molar-refractivity contribution is 0.0697. The number of hydrogen-bond donors (Lipinski definition) is 1. The quantitative estimate of drug-likeness (QED) is 0.454. The predicted molar refractivity (Wildman–Crippen MR) is 96.3 cm³/mol. The lowest BCUT2D eigenvalue weighted by atomic mass is 10.1. The standard InChI is InChI=1S/C19H10Cl2O4/c20-13-5-6-14(21)18-12(13)9-17(25-18)16-8-7-15(24-16)10-1-3-11(4-2-10)19(22)23/h1-9H,(H,22,23). The van der Waals surface area contributed by atoms with Crippen LogP contribution in [0.4, 0.5) is 0 Å². The van der Waals surface area contributed by atoms with Crippen molar-refractivity contribution in [3.8, 4) is 22.8 Å². The van der Waals surface area contributed by atoms with Crippen molar-refractivity contribution in [1.82, 2.24) is 0 Å². The molecular formula is C19H10Cl2O4. The van der Waals surface area contributed by atoms with Gasteiger partial charge in [0.2, 0.25) is 0 Å². The van der Waals surface area contributed by atoms with E-state index in [0.717, 1.165) is 5.56 Å². The zero-order chi connectivity index (χ0) is 17.6. The number of halogens is 2. The van der Waals surface area contributed by atoms with Crippen LogP contribution in [0.3, 0.4) is 0 Å². The molecule has 0 aliphatic heterocycles. The van der Waals surface area contributed by atoms with Gasteiger partial charge in [-0.1, -0.05) is 35.3 Å². The van der Waals surface area contributed by atoms with Gasteiger partial charge in [-0.25, -0.2) is 4.79 Å². The van der Waals surface area contributed by atoms with Crippen LogP contribution in [0.5, 0.6) is 0 Å². The summed E-state index contributed by atoms with van der Waals surface area (Å²) < 4.78 is 11.6. The summed E-state index contributed by atoms with van der Waals surface area (Å²) in [6, 6.07) is 15.2. The number of rotatable bonds is 3. The number of carbonyl (C=O) groups is 1. The highest BCUT2D eigenvalue weighted by Crippen LogP contribution is 2.37. The van der Waals surface area contributed by atoms with Gasteiger partial charge in [0.05, 0.1) is 15.6 Å². The minimum atomic E-state index is -0.970. The van der Waals surface area contributed by atoms with Crippen LogP contribution in [0, 0.1) is 0 Å². The maximum absolute atomic E-state index is 10.9. The molecule has 0 unspecified atom stereocenters. The molecule has 0 saturated carbocycles. The molecule has 1 N–H and O–H groups in total. The van der Waals surface area contributed by atoms with E-state index in [1.54, 1.807) is 42.5 Å². The number of furan rings is 2. The molecule has 0 aliphatic carbocycles. The van der Waals surface area contributed by atoms with Gasteiger partial charge in [0.1, 0.15) is 5.76 Å². The van der Waals surface area contributed by atoms with Crippen LogP contribution in [0.1, 0.15) is 10.4 Å². The molecule has 0 saturated heterocycles. The van der Waals surface area contributed by atoms with Gasteiger partial charge in [-0.2, -0.15) is 0 Å². The van der Waals surface area contributed by atoms with E-state index < -0.39 is 5.97 Å². The summed E-state index contributed by atoms with van der Waals surface area (Å²) in [6.45, 7) is 0. The lowest BCUT2D eigenvalue weighted by Gasteiger charge is -1.98. The predicted octanol–water partition coefficient (Wildman–Crippen LogP) is 6.36. The Morgan fingerprint density at radius 2 is 1.48 bits per heavy atom. The molecule has 6 heteroatoms. The number of carboxylic acid groups (broad SMARTS) is 1. The molecule has 0 spiro atoms. The number of fused-ring (bicyclic) bond motifs is 1. The largest absolute Gasteiger partial charge is 0.478 e. The molecule has 0 amide bonds. The summed E-state index contributed by atoms with van der Waals surface area (Å²) in [7, 11) is 0. The third-order valence-corrected chi connectivity index (χ3v) is 4.47. The minimum absolute atomic E-state index is 0.220. The van der Waals surface area contributed by atoms with Crippen LogP contribution >= 0.6 is 23.2 Å². The maximum Gasteiger partial charge on any atom is 0.335 e. The van der Waals surface area contributed by atoms with Gasteiger partial charge in [-0.15, -0.1) is 0 Å². The van der Waals surface area contributed by atoms with Crippen molar-refractivity contribution in [1.29, 1.82) is 0 Å². The molecule has 0 fully saturated rings. The van der Waals surface area contributed by atoms with Crippen LogP contribution in [0.15, 0.2) is 63.4 Å². The molecular weight excluding hydrogens is 363 g/mol. The van der Waals surface area contributed by atoms with Gasteiger partial charge in [0.15, 0.2) is 17.1 Å². The van der Waals surface area contributed by atoms with Crippen molar-refractivity contribution in [3.05, 3.63) is 70.2 Å². The van der Waals surface area contributed by atoms with Crippen molar-refractivity contribution in [2.24, 2.45) is 0 Å². The van der Waals surface area contributed by atoms with E-state index in [0.29, 0.717) is 38.3 Å². The van der Waals surface area contributed by atoms with E-state index in [1.807, 2.05) is 0 Å². The summed E-state index contributed by atoms with van der Waals surface area (Å²) >= 11 is 12.3. The second-order valence-corrected chi connectivity index (χ2v) is 6.24. The third kappa shape index (κ3) is 2.80. The van der Waals surface area contributed by atoms with Gasteiger partial charge < -0.3 is 13.9 Å². The number of carboxylic acids is 1. The van der Waals surface area contributed by atoms with E-state index in [1.165, 1.54) is 12.1 Å². The Morgan fingerprint density at radius 1 is 0.800 bits per heavy atom. The molecule has 2 heterocycles. The van der Waals surface area contributed by atoms with E-state index in [2.05, 4.69) is 0 Å². The molecule has 2 aromatic heterocycles. The maximum atomic E-state index is 10.9. The monoisotopic (exact) mass is 372 g/mol. The Balaban J connectivity index is 1.73. The second-order valence-electron chi connectivity index (χ2n) is 5.43. The first-order valence-corrected chi connectivity index (χ1v) is 8.10. The van der Waals surface area contributed by atoms with Crippen LogP contribution in [-0.4, -0.2) is 11.1 Å². The first-order chi connectivity index (χ1) is 12.0. The van der Waals surface area contributed by atoms with Gasteiger partial charge in [-0.05, 0) is 42.5 Å². The van der Waals surface area contributed by atoms with Crippen LogP contribution in [-0.2, 0) is 0 Å². The lowest BCUT2D eigenvalue weighted by Crippen LogP contribution is -1.94. The SMILES string of the molecule is O=C(O)c1ccc(-c2ccc(-c3cc4c(Cl)ccc(Cl)c4o3)o2)cc1. The molecule has 0 radical (unpaired) electrons. The highest BCUT2D eigenvalue weighted by Gasteiger charge is 2.15. The summed E-state index contributed by atoms with van der Waals surface area (Å²) in [5.74, 6) is 0.673. The Bertz CT molecular complexity index is 1050. The van der Waals surface area contributed by atoms with Gasteiger partial charge in [-0.3, -0.25) is 0 Å². The smallest absolute Gasteiger partial charge is 0.335 e. The number of benzene rings is 2. The number of aromatic carboxylic acids is 1. The Labute approximate surface area is 152 Å². The van der Waals surface area contributed by atoms with Gasteiger partial charge in [0.25, 0.3) is 0 Å². The fraction of sp³-hybridized carbons (Fsp3) is 0. The molecule has 0 atom stereocenters. The molecule has 0 aliphatic rings. The minimum Gasteiger partial charge on any atom is -0.478 e. The fourth-order valence-corrected chi connectivity index (χ4v) is 2.99. The zero-order valence-corrected chi connectivity index (χ0v) is 14.1. The first-order valence-electron chi connectivity index (χ1n) is 7.34. The van der Waals surface area contributed by atoms with Crippen molar-refractivity contribution in [2.75, 3.05) is 0 Å². The van der Waals surface area contributed by atoms with Gasteiger partial charge >= 0.3 is 5.97 Å². The van der Waals surface area contributed by atoms with E-state index in [4.69, 9.17) is 37.1 Å². The molecule has 2 aromatic carbocycles. The van der Waals surface area contributed by atoms with Gasteiger partial charge in [0, 0.05) is 10.9 Å². The van der Waals surface area contributed by atoms with Crippen molar-refractivity contribution in [2.45, 2.75) is 0 Å². The molecule has 25 heavy (non-hydrogen) atoms. The van der Waals surface area contributed by atoms with Crippen LogP contribution in [0.2, 0.25) is 10.0 Å². The van der Waals surface area contributed by atoms with Crippen molar-refractivity contribution in [3.63, 3.8) is 0 Å². The zero-order valence-electron chi connectivity index (χ0n) is 12.6. The summed E-state index contributed by atoms with van der Waals surface area (Å²) in [5, 5.41) is 10.7. The molecule has 124 valence electrons. The normalized spacial score (nSPS) is 11.1. The van der Waals surface area contributed by atoms with E-state index >= 15 is 0 Å². The number of hydrogen-bond acceptors (Lipinski definition) is 3. The third-order valence-electron chi connectivity index (χ3n) is 3.85. The fourth-order valence-electron chi connectivity index (χ4n) is 2.58. The first kappa shape index (κ1) is 15.8. The Morgan fingerprint density at radius 3 is 2.16 bits per heavy atom. The topological polar surface area (TPSA) is 63.6 Å². The van der Waals surface area contributed by atoms with E-state index in [-0.39, 0.29) is 5.56 Å². The average Bonchev–Trinajstić information content (AvgIpc) is 3.26. The Kier molecular flexibility index (Phi) is 3.79. The average molecular weight is 373 g/mol. The summed E-state index contributed by atoms with van der Waals surface area (Å²) in [4.78, 5) is 10.9.